The van der Waals surface area contributed by atoms with Gasteiger partial charge in [0.15, 0.2) is 0 Å². The van der Waals surface area contributed by atoms with Crippen molar-refractivity contribution in [3.8, 4) is 0 Å². The van der Waals surface area contributed by atoms with Crippen LogP contribution in [-0.4, -0.2) is 48.2 Å². The molecular formula is C14H18FN3O3. The first-order chi connectivity index (χ1) is 10.1. The summed E-state index contributed by atoms with van der Waals surface area (Å²) < 4.78 is 19.0. The van der Waals surface area contributed by atoms with Crippen molar-refractivity contribution in [1.82, 2.24) is 4.90 Å². The van der Waals surface area contributed by atoms with Crippen molar-refractivity contribution in [2.45, 2.75) is 25.0 Å². The Balaban J connectivity index is 1.62. The molecule has 7 heteroatoms. The summed E-state index contributed by atoms with van der Waals surface area (Å²) in [6.45, 7) is 3.05. The molecule has 2 aliphatic heterocycles. The number of morpholine rings is 1. The van der Waals surface area contributed by atoms with Crippen molar-refractivity contribution in [3.05, 3.63) is 34.1 Å². The van der Waals surface area contributed by atoms with Gasteiger partial charge in [-0.05, 0) is 25.5 Å². The van der Waals surface area contributed by atoms with E-state index in [1.807, 2.05) is 0 Å². The highest BCUT2D eigenvalue weighted by molar-refractivity contribution is 5.61. The van der Waals surface area contributed by atoms with E-state index in [2.05, 4.69) is 10.2 Å². The smallest absolute Gasteiger partial charge is 0.292 e. The molecule has 2 saturated heterocycles. The van der Waals surface area contributed by atoms with Gasteiger partial charge in [0.2, 0.25) is 0 Å². The number of ether oxygens (including phenoxy) is 1. The van der Waals surface area contributed by atoms with E-state index >= 15 is 0 Å². The summed E-state index contributed by atoms with van der Waals surface area (Å²) in [6.07, 6.45) is 2.35. The van der Waals surface area contributed by atoms with Gasteiger partial charge in [-0.3, -0.25) is 15.0 Å². The Kier molecular flexibility index (Phi) is 4.03. The first kappa shape index (κ1) is 14.2. The van der Waals surface area contributed by atoms with Crippen molar-refractivity contribution in [2.75, 3.05) is 31.6 Å². The van der Waals surface area contributed by atoms with Crippen LogP contribution in [0.2, 0.25) is 0 Å². The summed E-state index contributed by atoms with van der Waals surface area (Å²) in [7, 11) is 0. The van der Waals surface area contributed by atoms with E-state index in [0.717, 1.165) is 25.2 Å². The number of fused-ring (bicyclic) bond motifs is 1. The summed E-state index contributed by atoms with van der Waals surface area (Å²) in [6, 6.07) is 3.94. The average molecular weight is 295 g/mol. The highest BCUT2D eigenvalue weighted by atomic mass is 19.1. The highest BCUT2D eigenvalue weighted by Crippen LogP contribution is 2.26. The molecule has 2 atom stereocenters. The molecule has 1 N–H and O–H groups in total. The molecule has 114 valence electrons. The number of benzene rings is 1. The molecule has 1 aromatic carbocycles. The lowest BCUT2D eigenvalue weighted by molar-refractivity contribution is -0.384. The lowest BCUT2D eigenvalue weighted by atomic mass is 10.2. The van der Waals surface area contributed by atoms with Crippen molar-refractivity contribution in [3.63, 3.8) is 0 Å². The maximum absolute atomic E-state index is 13.3. The molecule has 0 aliphatic carbocycles. The lowest BCUT2D eigenvalue weighted by Gasteiger charge is -2.35. The molecule has 6 nitrogen and oxygen atoms in total. The number of anilines is 1. The number of hydrogen-bond donors (Lipinski definition) is 1. The molecule has 2 fully saturated rings. The van der Waals surface area contributed by atoms with Gasteiger partial charge in [0.05, 0.1) is 17.6 Å². The molecule has 2 unspecified atom stereocenters. The number of nitrogens with one attached hydrogen (secondary N) is 1. The van der Waals surface area contributed by atoms with Crippen LogP contribution in [-0.2, 0) is 4.74 Å². The maximum atomic E-state index is 13.3. The predicted molar refractivity (Wildman–Crippen MR) is 75.9 cm³/mol. The third kappa shape index (κ3) is 3.14. The van der Waals surface area contributed by atoms with Gasteiger partial charge in [-0.25, -0.2) is 4.39 Å². The number of rotatable bonds is 4. The van der Waals surface area contributed by atoms with Gasteiger partial charge in [0.25, 0.3) is 5.69 Å². The highest BCUT2D eigenvalue weighted by Gasteiger charge is 2.32. The lowest BCUT2D eigenvalue weighted by Crippen LogP contribution is -2.48. The Labute approximate surface area is 122 Å². The summed E-state index contributed by atoms with van der Waals surface area (Å²) in [5.41, 5.74) is 0.0819. The van der Waals surface area contributed by atoms with E-state index in [1.165, 1.54) is 18.9 Å². The second-order valence-electron chi connectivity index (χ2n) is 5.55. The number of halogens is 1. The second-order valence-corrected chi connectivity index (χ2v) is 5.55. The van der Waals surface area contributed by atoms with E-state index in [9.17, 15) is 14.5 Å². The van der Waals surface area contributed by atoms with Crippen LogP contribution in [0.15, 0.2) is 18.2 Å². The fourth-order valence-corrected chi connectivity index (χ4v) is 3.04. The van der Waals surface area contributed by atoms with E-state index < -0.39 is 10.7 Å². The largest absolute Gasteiger partial charge is 0.377 e. The zero-order valence-electron chi connectivity index (χ0n) is 11.6. The molecule has 0 radical (unpaired) electrons. The minimum absolute atomic E-state index is 0.0257. The number of hydrogen-bond acceptors (Lipinski definition) is 5. The minimum atomic E-state index is -0.514. The van der Waals surface area contributed by atoms with Gasteiger partial charge < -0.3 is 10.1 Å². The van der Waals surface area contributed by atoms with E-state index in [1.54, 1.807) is 0 Å². The second kappa shape index (κ2) is 5.95. The molecule has 0 aromatic heterocycles. The first-order valence-corrected chi connectivity index (χ1v) is 7.17. The van der Waals surface area contributed by atoms with Gasteiger partial charge in [-0.2, -0.15) is 0 Å². The Hall–Kier alpha value is -1.73. The van der Waals surface area contributed by atoms with Crippen molar-refractivity contribution < 1.29 is 14.1 Å². The molecule has 3 rings (SSSR count). The van der Waals surface area contributed by atoms with Gasteiger partial charge in [0.1, 0.15) is 11.5 Å². The molecular weight excluding hydrogens is 277 g/mol. The fourth-order valence-electron chi connectivity index (χ4n) is 3.04. The maximum Gasteiger partial charge on any atom is 0.292 e. The third-order valence-electron chi connectivity index (χ3n) is 4.14. The zero-order valence-corrected chi connectivity index (χ0v) is 11.6. The van der Waals surface area contributed by atoms with E-state index in [-0.39, 0.29) is 17.5 Å². The Bertz CT molecular complexity index is 540. The molecule has 2 heterocycles. The van der Waals surface area contributed by atoms with Crippen LogP contribution in [0, 0.1) is 15.9 Å². The molecule has 0 bridgehead atoms. The van der Waals surface area contributed by atoms with Crippen LogP contribution >= 0.6 is 0 Å². The molecule has 21 heavy (non-hydrogen) atoms. The minimum Gasteiger partial charge on any atom is -0.377 e. The molecule has 2 aliphatic rings. The van der Waals surface area contributed by atoms with Crippen LogP contribution < -0.4 is 5.32 Å². The van der Waals surface area contributed by atoms with Crippen molar-refractivity contribution in [2.24, 2.45) is 0 Å². The Morgan fingerprint density at radius 1 is 1.52 bits per heavy atom. The summed E-state index contributed by atoms with van der Waals surface area (Å²) >= 11 is 0. The summed E-state index contributed by atoms with van der Waals surface area (Å²) in [4.78, 5) is 12.8. The van der Waals surface area contributed by atoms with E-state index in [4.69, 9.17) is 4.74 Å². The predicted octanol–water partition coefficient (Wildman–Crippen LogP) is 2.01. The van der Waals surface area contributed by atoms with Crippen LogP contribution in [0.5, 0.6) is 0 Å². The standard InChI is InChI=1S/C14H18FN3O3/c15-10-3-4-14(18(19)20)13(6-10)16-7-12-8-17-5-1-2-11(17)9-21-12/h3-4,6,11-12,16H,1-2,5,7-9H2. The quantitative estimate of drug-likeness (QED) is 0.680. The Morgan fingerprint density at radius 2 is 2.38 bits per heavy atom. The van der Waals surface area contributed by atoms with E-state index in [0.29, 0.717) is 19.2 Å². The summed E-state index contributed by atoms with van der Waals surface area (Å²) in [5, 5.41) is 13.9. The first-order valence-electron chi connectivity index (χ1n) is 7.17. The van der Waals surface area contributed by atoms with Gasteiger partial charge in [-0.1, -0.05) is 0 Å². The molecule has 1 aromatic rings. The Morgan fingerprint density at radius 3 is 3.19 bits per heavy atom. The van der Waals surface area contributed by atoms with Crippen molar-refractivity contribution in [1.29, 1.82) is 0 Å². The normalized spacial score (nSPS) is 25.6. The monoisotopic (exact) mass is 295 g/mol. The fraction of sp³-hybridized carbons (Fsp3) is 0.571. The van der Waals surface area contributed by atoms with Crippen LogP contribution in [0.3, 0.4) is 0 Å². The van der Waals surface area contributed by atoms with Gasteiger partial charge in [-0.15, -0.1) is 0 Å². The van der Waals surface area contributed by atoms with Crippen LogP contribution in [0.25, 0.3) is 0 Å². The number of nitrogens with zero attached hydrogens (tertiary/aromatic N) is 2. The number of nitro benzene ring substituents is 1. The van der Waals surface area contributed by atoms with Gasteiger partial charge in [0, 0.05) is 31.3 Å². The molecule has 0 saturated carbocycles. The molecule has 0 amide bonds. The number of nitro groups is 1. The van der Waals surface area contributed by atoms with Gasteiger partial charge >= 0.3 is 0 Å². The third-order valence-corrected chi connectivity index (χ3v) is 4.14. The van der Waals surface area contributed by atoms with Crippen LogP contribution in [0.4, 0.5) is 15.8 Å². The SMILES string of the molecule is O=[N+]([O-])c1ccc(F)cc1NCC1CN2CCCC2CO1. The summed E-state index contributed by atoms with van der Waals surface area (Å²) in [5.74, 6) is -0.493. The van der Waals surface area contributed by atoms with Crippen LogP contribution in [0.1, 0.15) is 12.8 Å². The topological polar surface area (TPSA) is 67.6 Å². The average Bonchev–Trinajstić information content (AvgIpc) is 2.92. The zero-order chi connectivity index (χ0) is 14.8. The van der Waals surface area contributed by atoms with Crippen molar-refractivity contribution >= 4 is 11.4 Å². The molecule has 0 spiro atoms.